The molecule has 0 fully saturated rings. The van der Waals surface area contributed by atoms with Crippen molar-refractivity contribution >= 4 is 78.0 Å². The summed E-state index contributed by atoms with van der Waals surface area (Å²) in [6.45, 7) is 16.9. The summed E-state index contributed by atoms with van der Waals surface area (Å²) in [5, 5.41) is 1.39. The summed E-state index contributed by atoms with van der Waals surface area (Å²) in [6, 6.07) is 41.4. The Morgan fingerprint density at radius 3 is 1.83 bits per heavy atom. The zero-order chi connectivity index (χ0) is 33.2. The smallest absolute Gasteiger partial charge is 0.264 e. The molecule has 0 bridgehead atoms. The first-order valence-corrected chi connectivity index (χ1v) is 18.3. The van der Waals surface area contributed by atoms with Crippen molar-refractivity contribution < 1.29 is 0 Å². The molecule has 3 aliphatic rings. The fourth-order valence-corrected chi connectivity index (χ4v) is 9.99. The summed E-state index contributed by atoms with van der Waals surface area (Å²) >= 11 is 2.02. The van der Waals surface area contributed by atoms with Crippen LogP contribution in [0.5, 0.6) is 0 Å². The summed E-state index contributed by atoms with van der Waals surface area (Å²) in [5.74, 6) is 0. The fourth-order valence-electron chi connectivity index (χ4n) is 8.65. The molecule has 238 valence electrons. The molecule has 2 aliphatic heterocycles. The first-order valence-electron chi connectivity index (χ1n) is 17.5. The highest BCUT2D eigenvalue weighted by molar-refractivity contribution is 7.33. The van der Waals surface area contributed by atoms with Crippen LogP contribution in [0.25, 0.3) is 10.1 Å². The van der Waals surface area contributed by atoms with Gasteiger partial charge in [0.1, 0.15) is 0 Å². The zero-order valence-corrected chi connectivity index (χ0v) is 30.0. The van der Waals surface area contributed by atoms with E-state index >= 15 is 0 Å². The van der Waals surface area contributed by atoms with E-state index in [2.05, 4.69) is 167 Å². The van der Waals surface area contributed by atoms with E-state index in [9.17, 15) is 0 Å². The van der Waals surface area contributed by atoms with Gasteiger partial charge < -0.3 is 9.80 Å². The van der Waals surface area contributed by atoms with Crippen molar-refractivity contribution in [2.24, 2.45) is 0 Å². The van der Waals surface area contributed by atoms with Crippen molar-refractivity contribution in [1.29, 1.82) is 0 Å². The lowest BCUT2D eigenvalue weighted by Crippen LogP contribution is -2.60. The molecular formula is C44H43BN2S. The predicted octanol–water partition coefficient (Wildman–Crippen LogP) is 10.6. The molecule has 3 heterocycles. The van der Waals surface area contributed by atoms with E-state index in [1.54, 1.807) is 0 Å². The lowest BCUT2D eigenvalue weighted by Gasteiger charge is -2.43. The van der Waals surface area contributed by atoms with Gasteiger partial charge in [0.15, 0.2) is 0 Å². The molecule has 0 amide bonds. The van der Waals surface area contributed by atoms with Crippen LogP contribution < -0.4 is 25.5 Å². The first kappa shape index (κ1) is 29.8. The van der Waals surface area contributed by atoms with E-state index in [0.717, 1.165) is 0 Å². The van der Waals surface area contributed by atoms with Gasteiger partial charge in [0.2, 0.25) is 0 Å². The second-order valence-electron chi connectivity index (χ2n) is 16.5. The van der Waals surface area contributed by atoms with Crippen molar-refractivity contribution in [3.63, 3.8) is 0 Å². The second kappa shape index (κ2) is 10.1. The molecule has 0 unspecified atom stereocenters. The normalized spacial score (nSPS) is 17.1. The summed E-state index contributed by atoms with van der Waals surface area (Å²) in [5.41, 5.74) is 15.2. The maximum absolute atomic E-state index is 2.59. The van der Waals surface area contributed by atoms with Crippen molar-refractivity contribution in [2.75, 3.05) is 9.80 Å². The molecule has 1 aliphatic carbocycles. The molecule has 0 atom stereocenters. The second-order valence-corrected chi connectivity index (χ2v) is 17.6. The molecule has 1 aromatic heterocycles. The van der Waals surface area contributed by atoms with Crippen LogP contribution in [0.3, 0.4) is 0 Å². The minimum atomic E-state index is 0.0381. The van der Waals surface area contributed by atoms with Gasteiger partial charge in [-0.1, -0.05) is 103 Å². The number of nitrogens with zero attached hydrogens (tertiary/aromatic N) is 2. The van der Waals surface area contributed by atoms with Gasteiger partial charge in [-0.2, -0.15) is 0 Å². The van der Waals surface area contributed by atoms with Crippen LogP contribution in [0.1, 0.15) is 78.0 Å². The van der Waals surface area contributed by atoms with Crippen LogP contribution in [-0.2, 0) is 16.2 Å². The summed E-state index contributed by atoms with van der Waals surface area (Å²) in [4.78, 5) is 5.08. The van der Waals surface area contributed by atoms with Gasteiger partial charge >= 0.3 is 0 Å². The van der Waals surface area contributed by atoms with E-state index in [0.29, 0.717) is 0 Å². The molecule has 0 N–H and O–H groups in total. The Balaban J connectivity index is 1.41. The van der Waals surface area contributed by atoms with Crippen molar-refractivity contribution in [3.05, 3.63) is 126 Å². The molecule has 0 saturated carbocycles. The highest BCUT2D eigenvalue weighted by Crippen LogP contribution is 2.52. The average Bonchev–Trinajstić information content (AvgIpc) is 3.45. The molecule has 0 radical (unpaired) electrons. The van der Waals surface area contributed by atoms with Crippen LogP contribution in [0.15, 0.2) is 109 Å². The lowest BCUT2D eigenvalue weighted by molar-refractivity contribution is 0.332. The SMILES string of the molecule is CC(C)(C)c1ccc2c(c1)B1c3sc4cc5c(cc4c3N(c3ccccc3)c3cccc(c31)N2c1ccccc1)C(C)(C)CCC5(C)C. The number of benzene rings is 5. The molecule has 6 aromatic rings. The van der Waals surface area contributed by atoms with Gasteiger partial charge in [-0.3, -0.25) is 0 Å². The van der Waals surface area contributed by atoms with Gasteiger partial charge in [-0.25, -0.2) is 0 Å². The van der Waals surface area contributed by atoms with Crippen LogP contribution in [0, 0.1) is 0 Å². The molecule has 48 heavy (non-hydrogen) atoms. The van der Waals surface area contributed by atoms with Crippen LogP contribution in [0.2, 0.25) is 0 Å². The van der Waals surface area contributed by atoms with Crippen LogP contribution >= 0.6 is 11.3 Å². The third kappa shape index (κ3) is 4.24. The zero-order valence-electron chi connectivity index (χ0n) is 29.2. The maximum Gasteiger partial charge on any atom is 0.264 e. The van der Waals surface area contributed by atoms with Gasteiger partial charge in [0, 0.05) is 43.3 Å². The third-order valence-electron chi connectivity index (χ3n) is 11.5. The molecule has 4 heteroatoms. The minimum Gasteiger partial charge on any atom is -0.311 e. The Morgan fingerprint density at radius 1 is 0.625 bits per heavy atom. The molecule has 2 nitrogen and oxygen atoms in total. The molecule has 0 spiro atoms. The Bertz CT molecular complexity index is 2240. The van der Waals surface area contributed by atoms with Crippen LogP contribution in [0.4, 0.5) is 34.1 Å². The lowest BCUT2D eigenvalue weighted by atomic mass is 9.36. The molecule has 9 rings (SSSR count). The van der Waals surface area contributed by atoms with Crippen LogP contribution in [-0.4, -0.2) is 6.71 Å². The average molecular weight is 643 g/mol. The van der Waals surface area contributed by atoms with Gasteiger partial charge in [-0.15, -0.1) is 11.3 Å². The van der Waals surface area contributed by atoms with Crippen molar-refractivity contribution in [1.82, 2.24) is 0 Å². The standard InChI is InChI=1S/C44H43BN2S/c1-42(2,3)28-21-22-35-34(25-28)45-39-36(46(35)29-15-10-8-11-16-29)19-14-20-37(39)47(30-17-12-9-13-18-30)40-31-26-32-33(27-38(31)48-41(40)45)44(6,7)24-23-43(32,4)5/h8-22,25-27H,23-24H2,1-7H3. The Hall–Kier alpha value is -4.28. The largest absolute Gasteiger partial charge is 0.311 e. The fraction of sp³-hybridized carbons (Fsp3) is 0.273. The monoisotopic (exact) mass is 642 g/mol. The van der Waals surface area contributed by atoms with Crippen molar-refractivity contribution in [3.8, 4) is 0 Å². The number of hydrogen-bond donors (Lipinski definition) is 0. The Morgan fingerprint density at radius 2 is 1.21 bits per heavy atom. The molecule has 0 saturated heterocycles. The topological polar surface area (TPSA) is 6.48 Å². The predicted molar refractivity (Wildman–Crippen MR) is 210 cm³/mol. The number of thiophene rings is 1. The molecule has 5 aromatic carbocycles. The van der Waals surface area contributed by atoms with Crippen molar-refractivity contribution in [2.45, 2.75) is 77.6 Å². The van der Waals surface area contributed by atoms with Gasteiger partial charge in [-0.05, 0) is 111 Å². The maximum atomic E-state index is 2.59. The van der Waals surface area contributed by atoms with Gasteiger partial charge in [0.05, 0.1) is 5.69 Å². The Labute approximate surface area is 290 Å². The number of anilines is 6. The summed E-state index contributed by atoms with van der Waals surface area (Å²) < 4.78 is 2.85. The number of hydrogen-bond acceptors (Lipinski definition) is 3. The van der Waals surface area contributed by atoms with Gasteiger partial charge in [0.25, 0.3) is 6.71 Å². The minimum absolute atomic E-state index is 0.0381. The van der Waals surface area contributed by atoms with E-state index in [1.165, 1.54) is 89.4 Å². The number of fused-ring (bicyclic) bond motifs is 7. The highest BCUT2D eigenvalue weighted by atomic mass is 32.1. The summed E-state index contributed by atoms with van der Waals surface area (Å²) in [6.07, 6.45) is 2.43. The highest BCUT2D eigenvalue weighted by Gasteiger charge is 2.46. The quantitative estimate of drug-likeness (QED) is 0.173. The number of rotatable bonds is 2. The molecular weight excluding hydrogens is 599 g/mol. The van der Waals surface area contributed by atoms with E-state index in [-0.39, 0.29) is 23.0 Å². The Kier molecular flexibility index (Phi) is 6.29. The van der Waals surface area contributed by atoms with E-state index in [4.69, 9.17) is 0 Å². The van der Waals surface area contributed by atoms with E-state index < -0.39 is 0 Å². The number of para-hydroxylation sites is 2. The summed E-state index contributed by atoms with van der Waals surface area (Å²) in [7, 11) is 0. The third-order valence-corrected chi connectivity index (χ3v) is 12.7. The van der Waals surface area contributed by atoms with E-state index in [1.807, 2.05) is 11.3 Å². The first-order chi connectivity index (χ1) is 22.9.